The highest BCUT2D eigenvalue weighted by Gasteiger charge is 2.45. The number of esters is 1. The Balaban J connectivity index is 1.24. The molecule has 4 aromatic rings. The van der Waals surface area contributed by atoms with Gasteiger partial charge < -0.3 is 14.4 Å². The number of benzene rings is 3. The zero-order chi connectivity index (χ0) is 25.8. The van der Waals surface area contributed by atoms with Crippen molar-refractivity contribution in [2.75, 3.05) is 6.61 Å². The van der Waals surface area contributed by atoms with Crippen LogP contribution in [0.5, 0.6) is 0 Å². The Morgan fingerprint density at radius 1 is 1.00 bits per heavy atom. The summed E-state index contributed by atoms with van der Waals surface area (Å²) in [5, 5.41) is 15.1. The molecule has 1 fully saturated rings. The number of carbonyl (C=O) groups excluding carboxylic acids is 1. The van der Waals surface area contributed by atoms with Crippen LogP contribution in [0.15, 0.2) is 83.4 Å². The fourth-order valence-electron chi connectivity index (χ4n) is 5.08. The molecule has 0 amide bonds. The van der Waals surface area contributed by atoms with Crippen LogP contribution in [-0.4, -0.2) is 22.8 Å². The lowest BCUT2D eigenvalue weighted by atomic mass is 9.96. The number of ether oxygens (including phenoxy) is 1. The minimum Gasteiger partial charge on any atom is -0.466 e. The largest absolute Gasteiger partial charge is 0.466 e. The molecule has 3 atom stereocenters. The van der Waals surface area contributed by atoms with Gasteiger partial charge in [0.1, 0.15) is 0 Å². The highest BCUT2D eigenvalue weighted by Crippen LogP contribution is 2.48. The third-order valence-electron chi connectivity index (χ3n) is 7.23. The zero-order valence-corrected chi connectivity index (χ0v) is 21.4. The Morgan fingerprint density at radius 3 is 2.32 bits per heavy atom. The standard InChI is InChI=1S/C32H33NO4/c1-3-36-32(35)28-20-27(28)25-16-12-23(13-17-25)24-14-18-26(19-15-24)31-30(21(2)33-37-31)29(34)11-7-10-22-8-5-4-6-9-22/h4-6,8-9,12-19,27-29,34H,3,7,10-11,20H2,1-2H3/t27-,28-,29?/m1/s1. The van der Waals surface area contributed by atoms with Crippen molar-refractivity contribution >= 4 is 5.97 Å². The van der Waals surface area contributed by atoms with E-state index in [2.05, 4.69) is 53.7 Å². The monoisotopic (exact) mass is 495 g/mol. The highest BCUT2D eigenvalue weighted by molar-refractivity contribution is 5.77. The van der Waals surface area contributed by atoms with Crippen molar-refractivity contribution in [2.24, 2.45) is 5.92 Å². The van der Waals surface area contributed by atoms with Crippen molar-refractivity contribution in [3.8, 4) is 22.5 Å². The summed E-state index contributed by atoms with van der Waals surface area (Å²) in [4.78, 5) is 12.0. The summed E-state index contributed by atoms with van der Waals surface area (Å²) in [6, 6.07) is 26.9. The molecule has 0 radical (unpaired) electrons. The van der Waals surface area contributed by atoms with Crippen molar-refractivity contribution < 1.29 is 19.2 Å². The number of carbonyl (C=O) groups is 1. The van der Waals surface area contributed by atoms with E-state index in [0.717, 1.165) is 47.2 Å². The molecule has 1 N–H and O–H groups in total. The minimum absolute atomic E-state index is 0.00155. The SMILES string of the molecule is CCOC(=O)[C@@H]1C[C@@H]1c1ccc(-c2ccc(-c3onc(C)c3C(O)CCCc3ccccc3)cc2)cc1. The Morgan fingerprint density at radius 2 is 1.65 bits per heavy atom. The predicted octanol–water partition coefficient (Wildman–Crippen LogP) is 7.04. The maximum Gasteiger partial charge on any atom is 0.309 e. The maximum atomic E-state index is 12.0. The molecule has 5 rings (SSSR count). The number of hydrogen-bond donors (Lipinski definition) is 1. The normalized spacial score (nSPS) is 17.4. The topological polar surface area (TPSA) is 72.6 Å². The fraction of sp³-hybridized carbons (Fsp3) is 0.312. The number of nitrogens with zero attached hydrogens (tertiary/aromatic N) is 1. The minimum atomic E-state index is -0.627. The Hall–Kier alpha value is -3.70. The van der Waals surface area contributed by atoms with Gasteiger partial charge in [-0.25, -0.2) is 0 Å². The van der Waals surface area contributed by atoms with Gasteiger partial charge in [0.15, 0.2) is 5.76 Å². The number of aromatic nitrogens is 1. The lowest BCUT2D eigenvalue weighted by Crippen LogP contribution is -2.07. The zero-order valence-electron chi connectivity index (χ0n) is 21.4. The van der Waals surface area contributed by atoms with Gasteiger partial charge in [0.2, 0.25) is 0 Å². The summed E-state index contributed by atoms with van der Waals surface area (Å²) < 4.78 is 10.8. The molecular weight excluding hydrogens is 462 g/mol. The van der Waals surface area contributed by atoms with Gasteiger partial charge in [0.25, 0.3) is 0 Å². The molecule has 3 aromatic carbocycles. The lowest BCUT2D eigenvalue weighted by Gasteiger charge is -2.12. The van der Waals surface area contributed by atoms with Crippen molar-refractivity contribution in [1.29, 1.82) is 0 Å². The van der Waals surface area contributed by atoms with Crippen LogP contribution in [0, 0.1) is 12.8 Å². The van der Waals surface area contributed by atoms with E-state index in [1.54, 1.807) is 0 Å². The summed E-state index contributed by atoms with van der Waals surface area (Å²) in [5.74, 6) is 0.807. The molecular formula is C32H33NO4. The molecule has 0 aliphatic heterocycles. The summed E-state index contributed by atoms with van der Waals surface area (Å²) >= 11 is 0. The lowest BCUT2D eigenvalue weighted by molar-refractivity contribution is -0.144. The first-order valence-electron chi connectivity index (χ1n) is 13.1. The number of aliphatic hydroxyl groups is 1. The molecule has 0 bridgehead atoms. The molecule has 1 aliphatic rings. The van der Waals surface area contributed by atoms with Crippen molar-refractivity contribution in [2.45, 2.75) is 51.6 Å². The van der Waals surface area contributed by atoms with Gasteiger partial charge in [-0.15, -0.1) is 0 Å². The maximum absolute atomic E-state index is 12.0. The molecule has 1 aliphatic carbocycles. The molecule has 37 heavy (non-hydrogen) atoms. The van der Waals surface area contributed by atoms with Gasteiger partial charge >= 0.3 is 5.97 Å². The van der Waals surface area contributed by atoms with Crippen LogP contribution in [0.1, 0.15) is 60.6 Å². The van der Waals surface area contributed by atoms with E-state index < -0.39 is 6.10 Å². The van der Waals surface area contributed by atoms with E-state index in [-0.39, 0.29) is 17.8 Å². The molecule has 1 unspecified atom stereocenters. The first-order valence-corrected chi connectivity index (χ1v) is 13.1. The fourth-order valence-corrected chi connectivity index (χ4v) is 5.08. The van der Waals surface area contributed by atoms with Gasteiger partial charge in [0.05, 0.1) is 29.9 Å². The average molecular weight is 496 g/mol. The Labute approximate surface area is 218 Å². The third kappa shape index (κ3) is 5.67. The molecule has 1 aromatic heterocycles. The Kier molecular flexibility index (Phi) is 7.52. The Bertz CT molecular complexity index is 1330. The summed E-state index contributed by atoms with van der Waals surface area (Å²) in [5.41, 5.74) is 7.05. The van der Waals surface area contributed by atoms with E-state index in [1.807, 2.05) is 44.2 Å². The second-order valence-corrected chi connectivity index (χ2v) is 9.80. The quantitative estimate of drug-likeness (QED) is 0.239. The van der Waals surface area contributed by atoms with Crippen LogP contribution in [-0.2, 0) is 16.0 Å². The molecule has 5 heteroatoms. The molecule has 1 saturated carbocycles. The average Bonchev–Trinajstić information content (AvgIpc) is 3.64. The number of aliphatic hydroxyl groups excluding tert-OH is 1. The van der Waals surface area contributed by atoms with Crippen molar-refractivity contribution in [3.63, 3.8) is 0 Å². The smallest absolute Gasteiger partial charge is 0.309 e. The van der Waals surface area contributed by atoms with Crippen LogP contribution in [0.2, 0.25) is 0 Å². The van der Waals surface area contributed by atoms with Crippen LogP contribution in [0.4, 0.5) is 0 Å². The van der Waals surface area contributed by atoms with Crippen LogP contribution < -0.4 is 0 Å². The molecule has 0 saturated heterocycles. The van der Waals surface area contributed by atoms with Gasteiger partial charge in [-0.05, 0) is 67.7 Å². The van der Waals surface area contributed by atoms with Gasteiger partial charge in [-0.1, -0.05) is 84.0 Å². The van der Waals surface area contributed by atoms with Crippen molar-refractivity contribution in [3.05, 3.63) is 101 Å². The van der Waals surface area contributed by atoms with Crippen LogP contribution >= 0.6 is 0 Å². The summed E-state index contributed by atoms with van der Waals surface area (Å²) in [6.45, 7) is 4.15. The predicted molar refractivity (Wildman–Crippen MR) is 144 cm³/mol. The first kappa shape index (κ1) is 25.0. The van der Waals surface area contributed by atoms with Crippen LogP contribution in [0.3, 0.4) is 0 Å². The number of rotatable bonds is 10. The molecule has 1 heterocycles. The van der Waals surface area contributed by atoms with E-state index >= 15 is 0 Å². The first-order chi connectivity index (χ1) is 18.0. The summed E-state index contributed by atoms with van der Waals surface area (Å²) in [7, 11) is 0. The molecule has 5 nitrogen and oxygen atoms in total. The third-order valence-corrected chi connectivity index (χ3v) is 7.23. The second-order valence-electron chi connectivity index (χ2n) is 9.80. The molecule has 0 spiro atoms. The molecule has 190 valence electrons. The highest BCUT2D eigenvalue weighted by atomic mass is 16.5. The van der Waals surface area contributed by atoms with Gasteiger partial charge in [-0.3, -0.25) is 4.79 Å². The van der Waals surface area contributed by atoms with Gasteiger partial charge in [-0.2, -0.15) is 0 Å². The van der Waals surface area contributed by atoms with Gasteiger partial charge in [0, 0.05) is 5.56 Å². The van der Waals surface area contributed by atoms with E-state index in [9.17, 15) is 9.90 Å². The number of hydrogen-bond acceptors (Lipinski definition) is 5. The van der Waals surface area contributed by atoms with E-state index in [0.29, 0.717) is 18.8 Å². The van der Waals surface area contributed by atoms with Crippen LogP contribution in [0.25, 0.3) is 22.5 Å². The summed E-state index contributed by atoms with van der Waals surface area (Å²) in [6.07, 6.45) is 2.69. The van der Waals surface area contributed by atoms with E-state index in [4.69, 9.17) is 9.26 Å². The van der Waals surface area contributed by atoms with Crippen molar-refractivity contribution in [1.82, 2.24) is 5.16 Å². The number of aryl methyl sites for hydroxylation is 2. The second kappa shape index (κ2) is 11.1. The van der Waals surface area contributed by atoms with E-state index in [1.165, 1.54) is 11.1 Å².